The van der Waals surface area contributed by atoms with Crippen molar-refractivity contribution in [2.24, 2.45) is 11.8 Å². The van der Waals surface area contributed by atoms with Crippen molar-refractivity contribution in [3.63, 3.8) is 0 Å². The van der Waals surface area contributed by atoms with Gasteiger partial charge in [0.1, 0.15) is 11.6 Å². The molecule has 1 aliphatic carbocycles. The number of hydrogen-bond acceptors (Lipinski definition) is 2. The number of benzene rings is 2. The standard InChI is InChI=1S/C23H24ClF3N2O/c1-14(22-28-20-10-9-18(24)12-21(20)29-22)16-7-5-15(6-8-16)13-30-19-4-2-3-17(11-19)23(25,26)27/h2-4,9-12,14-16H,5-8,13H2,1H3,(H,28,29)/t14-,15?,16?/m1/s1. The molecule has 7 heteroatoms. The third-order valence-electron chi connectivity index (χ3n) is 6.14. The first-order valence-corrected chi connectivity index (χ1v) is 10.6. The van der Waals surface area contributed by atoms with E-state index < -0.39 is 11.7 Å². The molecule has 0 aliphatic heterocycles. The number of nitrogens with one attached hydrogen (secondary N) is 1. The Morgan fingerprint density at radius 3 is 2.63 bits per heavy atom. The maximum Gasteiger partial charge on any atom is 0.416 e. The molecule has 1 saturated carbocycles. The van der Waals surface area contributed by atoms with E-state index in [2.05, 4.69) is 11.9 Å². The smallest absolute Gasteiger partial charge is 0.416 e. The zero-order valence-electron chi connectivity index (χ0n) is 16.7. The highest BCUT2D eigenvalue weighted by atomic mass is 35.5. The van der Waals surface area contributed by atoms with E-state index in [1.165, 1.54) is 6.07 Å². The summed E-state index contributed by atoms with van der Waals surface area (Å²) < 4.78 is 44.2. The monoisotopic (exact) mass is 436 g/mol. The average Bonchev–Trinajstić information content (AvgIpc) is 3.15. The Morgan fingerprint density at radius 2 is 1.90 bits per heavy atom. The van der Waals surface area contributed by atoms with Crippen molar-refractivity contribution in [1.29, 1.82) is 0 Å². The van der Waals surface area contributed by atoms with Gasteiger partial charge in [0.25, 0.3) is 0 Å². The molecule has 30 heavy (non-hydrogen) atoms. The van der Waals surface area contributed by atoms with Crippen LogP contribution in [0.5, 0.6) is 5.75 Å². The van der Waals surface area contributed by atoms with Crippen molar-refractivity contribution in [3.8, 4) is 5.75 Å². The molecule has 160 valence electrons. The second-order valence-corrected chi connectivity index (χ2v) is 8.63. The summed E-state index contributed by atoms with van der Waals surface area (Å²) in [6.07, 6.45) is -0.249. The number of fused-ring (bicyclic) bond motifs is 1. The normalized spacial score (nSPS) is 21.0. The number of hydrogen-bond donors (Lipinski definition) is 1. The molecular weight excluding hydrogens is 413 g/mol. The van der Waals surface area contributed by atoms with Gasteiger partial charge in [0.2, 0.25) is 0 Å². The Labute approximate surface area is 178 Å². The molecule has 1 aliphatic rings. The minimum atomic E-state index is -4.35. The lowest BCUT2D eigenvalue weighted by molar-refractivity contribution is -0.137. The quantitative estimate of drug-likeness (QED) is 0.458. The third-order valence-corrected chi connectivity index (χ3v) is 6.37. The number of imidazole rings is 1. The second kappa shape index (κ2) is 8.50. The van der Waals surface area contributed by atoms with Crippen LogP contribution in [0.25, 0.3) is 11.0 Å². The summed E-state index contributed by atoms with van der Waals surface area (Å²) in [6, 6.07) is 10.8. The molecule has 0 radical (unpaired) electrons. The van der Waals surface area contributed by atoms with Gasteiger partial charge in [-0.2, -0.15) is 13.2 Å². The topological polar surface area (TPSA) is 37.9 Å². The first-order chi connectivity index (χ1) is 14.3. The van der Waals surface area contributed by atoms with Gasteiger partial charge in [-0.1, -0.05) is 24.6 Å². The molecule has 3 nitrogen and oxygen atoms in total. The lowest BCUT2D eigenvalue weighted by Crippen LogP contribution is -2.23. The Balaban J connectivity index is 1.31. The Hall–Kier alpha value is -2.21. The number of aromatic amines is 1. The first kappa shape index (κ1) is 21.0. The van der Waals surface area contributed by atoms with Crippen LogP contribution >= 0.6 is 11.6 Å². The number of ether oxygens (including phenoxy) is 1. The van der Waals surface area contributed by atoms with Crippen LogP contribution in [0.2, 0.25) is 5.02 Å². The maximum absolute atomic E-state index is 12.8. The van der Waals surface area contributed by atoms with E-state index in [1.54, 1.807) is 6.07 Å². The van der Waals surface area contributed by atoms with E-state index >= 15 is 0 Å². The zero-order chi connectivity index (χ0) is 21.3. The van der Waals surface area contributed by atoms with Crippen LogP contribution in [0.1, 0.15) is 49.9 Å². The number of nitrogens with zero attached hydrogens (tertiary/aromatic N) is 1. The molecule has 1 aromatic heterocycles. The summed E-state index contributed by atoms with van der Waals surface area (Å²) in [5.41, 5.74) is 1.20. The molecule has 3 aromatic rings. The van der Waals surface area contributed by atoms with Gasteiger partial charge in [0, 0.05) is 10.9 Å². The predicted octanol–water partition coefficient (Wildman–Crippen LogP) is 7.22. The second-order valence-electron chi connectivity index (χ2n) is 8.19. The van der Waals surface area contributed by atoms with Crippen molar-refractivity contribution in [2.45, 2.75) is 44.7 Å². The first-order valence-electron chi connectivity index (χ1n) is 10.2. The number of aromatic nitrogens is 2. The van der Waals surface area contributed by atoms with E-state index in [1.807, 2.05) is 18.2 Å². The largest absolute Gasteiger partial charge is 0.493 e. The summed E-state index contributed by atoms with van der Waals surface area (Å²) in [5, 5.41) is 0.687. The summed E-state index contributed by atoms with van der Waals surface area (Å²) in [7, 11) is 0. The molecular formula is C23H24ClF3N2O. The van der Waals surface area contributed by atoms with Crippen LogP contribution in [0, 0.1) is 11.8 Å². The fraction of sp³-hybridized carbons (Fsp3) is 0.435. The highest BCUT2D eigenvalue weighted by molar-refractivity contribution is 6.31. The van der Waals surface area contributed by atoms with E-state index in [-0.39, 0.29) is 5.75 Å². The fourth-order valence-electron chi connectivity index (χ4n) is 4.27. The molecule has 0 unspecified atom stereocenters. The molecule has 1 N–H and O–H groups in total. The van der Waals surface area contributed by atoms with Crippen LogP contribution < -0.4 is 4.74 Å². The number of rotatable bonds is 5. The zero-order valence-corrected chi connectivity index (χ0v) is 17.4. The van der Waals surface area contributed by atoms with Gasteiger partial charge < -0.3 is 9.72 Å². The van der Waals surface area contributed by atoms with Crippen molar-refractivity contribution >= 4 is 22.6 Å². The van der Waals surface area contributed by atoms with Crippen molar-refractivity contribution in [2.75, 3.05) is 6.61 Å². The van der Waals surface area contributed by atoms with Crippen LogP contribution in [0.15, 0.2) is 42.5 Å². The summed E-state index contributed by atoms with van der Waals surface area (Å²) >= 11 is 6.06. The SMILES string of the molecule is C[C@@H](c1nc2ccc(Cl)cc2[nH]1)C1CCC(COc2cccc(C(F)(F)F)c2)CC1. The molecule has 1 fully saturated rings. The van der Waals surface area contributed by atoms with Gasteiger partial charge in [0.15, 0.2) is 0 Å². The summed E-state index contributed by atoms with van der Waals surface area (Å²) in [6.45, 7) is 2.65. The molecule has 0 saturated heterocycles. The van der Waals surface area contributed by atoms with E-state index in [9.17, 15) is 13.2 Å². The maximum atomic E-state index is 12.8. The number of halogens is 4. The molecule has 0 amide bonds. The average molecular weight is 437 g/mol. The van der Waals surface area contributed by atoms with Gasteiger partial charge in [-0.15, -0.1) is 0 Å². The molecule has 0 spiro atoms. The van der Waals surface area contributed by atoms with Crippen LogP contribution in [0.3, 0.4) is 0 Å². The van der Waals surface area contributed by atoms with Gasteiger partial charge in [-0.3, -0.25) is 0 Å². The van der Waals surface area contributed by atoms with Crippen LogP contribution in [-0.4, -0.2) is 16.6 Å². The minimum Gasteiger partial charge on any atom is -0.493 e. The van der Waals surface area contributed by atoms with Crippen LogP contribution in [0.4, 0.5) is 13.2 Å². The molecule has 1 heterocycles. The van der Waals surface area contributed by atoms with E-state index in [4.69, 9.17) is 21.3 Å². The summed E-state index contributed by atoms with van der Waals surface area (Å²) in [5.74, 6) is 2.45. The molecule has 1 atom stereocenters. The lowest BCUT2D eigenvalue weighted by atomic mass is 9.76. The minimum absolute atomic E-state index is 0.279. The number of alkyl halides is 3. The van der Waals surface area contributed by atoms with Gasteiger partial charge in [0.05, 0.1) is 23.2 Å². The Morgan fingerprint density at radius 1 is 1.13 bits per heavy atom. The van der Waals surface area contributed by atoms with Gasteiger partial charge >= 0.3 is 6.18 Å². The van der Waals surface area contributed by atoms with Gasteiger partial charge in [-0.25, -0.2) is 4.98 Å². The third kappa shape index (κ3) is 4.75. The van der Waals surface area contributed by atoms with Crippen molar-refractivity contribution in [1.82, 2.24) is 9.97 Å². The number of H-pyrrole nitrogens is 1. The van der Waals surface area contributed by atoms with Crippen LogP contribution in [-0.2, 0) is 6.18 Å². The lowest BCUT2D eigenvalue weighted by Gasteiger charge is -2.31. The summed E-state index contributed by atoms with van der Waals surface area (Å²) in [4.78, 5) is 8.12. The highest BCUT2D eigenvalue weighted by Crippen LogP contribution is 2.38. The molecule has 0 bridgehead atoms. The highest BCUT2D eigenvalue weighted by Gasteiger charge is 2.31. The van der Waals surface area contributed by atoms with Crippen molar-refractivity contribution in [3.05, 3.63) is 58.9 Å². The van der Waals surface area contributed by atoms with Gasteiger partial charge in [-0.05, 0) is 73.9 Å². The van der Waals surface area contributed by atoms with Crippen molar-refractivity contribution < 1.29 is 17.9 Å². The molecule has 2 aromatic carbocycles. The molecule has 4 rings (SSSR count). The fourth-order valence-corrected chi connectivity index (χ4v) is 4.44. The Bertz CT molecular complexity index is 1010. The Kier molecular flexibility index (Phi) is 5.96. The predicted molar refractivity (Wildman–Crippen MR) is 112 cm³/mol. The van der Waals surface area contributed by atoms with E-state index in [0.717, 1.165) is 54.7 Å². The van der Waals surface area contributed by atoms with E-state index in [0.29, 0.717) is 29.4 Å².